The summed E-state index contributed by atoms with van der Waals surface area (Å²) in [4.78, 5) is 12.2. The van der Waals surface area contributed by atoms with Crippen LogP contribution >= 0.6 is 11.8 Å². The van der Waals surface area contributed by atoms with Gasteiger partial charge in [0.15, 0.2) is 0 Å². The number of hydrogen-bond donors (Lipinski definition) is 2. The van der Waals surface area contributed by atoms with E-state index in [4.69, 9.17) is 9.84 Å². The van der Waals surface area contributed by atoms with Gasteiger partial charge in [-0.2, -0.15) is 0 Å². The molecule has 19 heavy (non-hydrogen) atoms. The number of methoxy groups -OCH3 is 1. The number of aryl methyl sites for hydroxylation is 1. The van der Waals surface area contributed by atoms with Gasteiger partial charge in [0.1, 0.15) is 5.75 Å². The average Bonchev–Trinajstić information content (AvgIpc) is 2.88. The molecule has 1 aliphatic rings. The number of hydrogen-bond acceptors (Lipinski definition) is 4. The number of benzene rings is 1. The lowest BCUT2D eigenvalue weighted by Crippen LogP contribution is -2.17. The Bertz CT molecular complexity index is 490. The first-order valence-corrected chi connectivity index (χ1v) is 7.48. The van der Waals surface area contributed by atoms with E-state index >= 15 is 0 Å². The minimum absolute atomic E-state index is 0.0579. The van der Waals surface area contributed by atoms with E-state index in [1.54, 1.807) is 18.9 Å². The lowest BCUT2D eigenvalue weighted by molar-refractivity contribution is -0.141. The second kappa shape index (κ2) is 5.84. The van der Waals surface area contributed by atoms with Crippen molar-refractivity contribution >= 4 is 17.7 Å². The molecule has 0 amide bonds. The smallest absolute Gasteiger partial charge is 0.307 e. The highest BCUT2D eigenvalue weighted by Gasteiger charge is 2.31. The second-order valence-electron chi connectivity index (χ2n) is 4.80. The highest BCUT2D eigenvalue weighted by molar-refractivity contribution is 7.98. The summed E-state index contributed by atoms with van der Waals surface area (Å²) in [6.07, 6.45) is 2.66. The van der Waals surface area contributed by atoms with Crippen molar-refractivity contribution in [2.75, 3.05) is 19.9 Å². The Morgan fingerprint density at radius 2 is 2.26 bits per heavy atom. The van der Waals surface area contributed by atoms with Crippen LogP contribution in [0.3, 0.4) is 0 Å². The van der Waals surface area contributed by atoms with E-state index in [9.17, 15) is 4.79 Å². The van der Waals surface area contributed by atoms with Crippen molar-refractivity contribution in [3.63, 3.8) is 0 Å². The van der Waals surface area contributed by atoms with Crippen LogP contribution < -0.4 is 10.1 Å². The van der Waals surface area contributed by atoms with Crippen LogP contribution in [0.5, 0.6) is 5.75 Å². The van der Waals surface area contributed by atoms with Crippen LogP contribution in [0, 0.1) is 12.8 Å². The number of carbonyl (C=O) groups is 1. The zero-order valence-electron chi connectivity index (χ0n) is 11.4. The van der Waals surface area contributed by atoms with Gasteiger partial charge in [0.2, 0.25) is 0 Å². The van der Waals surface area contributed by atoms with E-state index in [1.165, 1.54) is 10.5 Å². The maximum atomic E-state index is 11.0. The largest absolute Gasteiger partial charge is 0.496 e. The van der Waals surface area contributed by atoms with Gasteiger partial charge in [0, 0.05) is 23.0 Å². The fourth-order valence-corrected chi connectivity index (χ4v) is 3.13. The van der Waals surface area contributed by atoms with Gasteiger partial charge < -0.3 is 15.2 Å². The Morgan fingerprint density at radius 3 is 2.79 bits per heavy atom. The van der Waals surface area contributed by atoms with Crippen molar-refractivity contribution < 1.29 is 14.6 Å². The summed E-state index contributed by atoms with van der Waals surface area (Å²) >= 11 is 1.70. The Morgan fingerprint density at radius 1 is 1.53 bits per heavy atom. The third kappa shape index (κ3) is 2.87. The van der Waals surface area contributed by atoms with Gasteiger partial charge in [-0.3, -0.25) is 4.79 Å². The third-order valence-electron chi connectivity index (χ3n) is 3.60. The molecule has 4 nitrogen and oxygen atoms in total. The molecule has 0 spiro atoms. The molecule has 1 aliphatic heterocycles. The standard InChI is InChI=1S/C14H19NO3S/c1-8-4-12(18-2)10(6-13(8)19-3)11-5-9(7-15-11)14(16)17/h4,6,9,11,15H,5,7H2,1-3H3,(H,16,17). The molecule has 1 aromatic carbocycles. The highest BCUT2D eigenvalue weighted by Crippen LogP contribution is 2.37. The fraction of sp³-hybridized carbons (Fsp3) is 0.500. The summed E-state index contributed by atoms with van der Waals surface area (Å²) in [5.41, 5.74) is 2.24. The molecule has 2 atom stereocenters. The molecule has 0 radical (unpaired) electrons. The van der Waals surface area contributed by atoms with Gasteiger partial charge in [0.05, 0.1) is 13.0 Å². The Labute approximate surface area is 117 Å². The Balaban J connectivity index is 2.31. The van der Waals surface area contributed by atoms with Crippen LogP contribution in [-0.2, 0) is 4.79 Å². The lowest BCUT2D eigenvalue weighted by atomic mass is 9.98. The maximum Gasteiger partial charge on any atom is 0.307 e. The van der Waals surface area contributed by atoms with Crippen LogP contribution in [0.1, 0.15) is 23.6 Å². The van der Waals surface area contributed by atoms with Crippen molar-refractivity contribution in [3.05, 3.63) is 23.3 Å². The van der Waals surface area contributed by atoms with Gasteiger partial charge in [-0.05, 0) is 37.3 Å². The lowest BCUT2D eigenvalue weighted by Gasteiger charge is -2.17. The van der Waals surface area contributed by atoms with Crippen molar-refractivity contribution in [1.82, 2.24) is 5.32 Å². The molecular weight excluding hydrogens is 262 g/mol. The number of nitrogens with one attached hydrogen (secondary N) is 1. The van der Waals surface area contributed by atoms with Crippen molar-refractivity contribution in [1.29, 1.82) is 0 Å². The molecule has 2 rings (SSSR count). The van der Waals surface area contributed by atoms with E-state index in [1.807, 2.05) is 12.3 Å². The minimum Gasteiger partial charge on any atom is -0.496 e. The number of rotatable bonds is 4. The molecule has 1 fully saturated rings. The Hall–Kier alpha value is -1.20. The molecular formula is C14H19NO3S. The SMILES string of the molecule is COc1cc(C)c(SC)cc1C1CC(C(=O)O)CN1. The second-order valence-corrected chi connectivity index (χ2v) is 5.64. The van der Waals surface area contributed by atoms with Gasteiger partial charge in [-0.25, -0.2) is 0 Å². The van der Waals surface area contributed by atoms with Crippen LogP contribution in [0.25, 0.3) is 0 Å². The first-order valence-electron chi connectivity index (χ1n) is 6.25. The van der Waals surface area contributed by atoms with Gasteiger partial charge in [-0.1, -0.05) is 0 Å². The van der Waals surface area contributed by atoms with Crippen LogP contribution in [0.15, 0.2) is 17.0 Å². The van der Waals surface area contributed by atoms with Crippen LogP contribution in [-0.4, -0.2) is 31.0 Å². The molecule has 0 saturated carbocycles. The topological polar surface area (TPSA) is 58.6 Å². The van der Waals surface area contributed by atoms with Gasteiger partial charge in [-0.15, -0.1) is 11.8 Å². The van der Waals surface area contributed by atoms with Crippen molar-refractivity contribution in [2.45, 2.75) is 24.3 Å². The van der Waals surface area contributed by atoms with E-state index in [0.717, 1.165) is 11.3 Å². The Kier molecular flexibility index (Phi) is 4.37. The zero-order chi connectivity index (χ0) is 14.0. The predicted molar refractivity (Wildman–Crippen MR) is 76.0 cm³/mol. The summed E-state index contributed by atoms with van der Waals surface area (Å²) in [7, 11) is 1.65. The zero-order valence-corrected chi connectivity index (χ0v) is 12.2. The van der Waals surface area contributed by atoms with E-state index in [-0.39, 0.29) is 12.0 Å². The summed E-state index contributed by atoms with van der Waals surface area (Å²) in [6, 6.07) is 4.19. The van der Waals surface area contributed by atoms with Gasteiger partial charge in [0.25, 0.3) is 0 Å². The first-order chi connectivity index (χ1) is 9.06. The van der Waals surface area contributed by atoms with Gasteiger partial charge >= 0.3 is 5.97 Å². The minimum atomic E-state index is -0.730. The summed E-state index contributed by atoms with van der Waals surface area (Å²) < 4.78 is 5.44. The number of thioether (sulfide) groups is 1. The molecule has 5 heteroatoms. The van der Waals surface area contributed by atoms with E-state index in [2.05, 4.69) is 18.3 Å². The van der Waals surface area contributed by atoms with E-state index < -0.39 is 5.97 Å². The number of carboxylic acid groups (broad SMARTS) is 1. The van der Waals surface area contributed by atoms with Crippen LogP contribution in [0.2, 0.25) is 0 Å². The molecule has 2 unspecified atom stereocenters. The fourth-order valence-electron chi connectivity index (χ4n) is 2.51. The van der Waals surface area contributed by atoms with Crippen molar-refractivity contribution in [2.24, 2.45) is 5.92 Å². The predicted octanol–water partition coefficient (Wildman–Crippen LogP) is 2.46. The van der Waals surface area contributed by atoms with Crippen molar-refractivity contribution in [3.8, 4) is 5.75 Å². The molecule has 0 aliphatic carbocycles. The highest BCUT2D eigenvalue weighted by atomic mass is 32.2. The quantitative estimate of drug-likeness (QED) is 0.830. The number of ether oxygens (including phenoxy) is 1. The van der Waals surface area contributed by atoms with Crippen LogP contribution in [0.4, 0.5) is 0 Å². The molecule has 1 saturated heterocycles. The molecule has 2 N–H and O–H groups in total. The maximum absolute atomic E-state index is 11.0. The number of aliphatic carboxylic acids is 1. The molecule has 104 valence electrons. The molecule has 0 aromatic heterocycles. The summed E-state index contributed by atoms with van der Waals surface area (Å²) in [6.45, 7) is 2.58. The number of carboxylic acids is 1. The average molecular weight is 281 g/mol. The third-order valence-corrected chi connectivity index (χ3v) is 4.48. The summed E-state index contributed by atoms with van der Waals surface area (Å²) in [5, 5.41) is 12.4. The molecule has 0 bridgehead atoms. The summed E-state index contributed by atoms with van der Waals surface area (Å²) in [5.74, 6) is -0.209. The monoisotopic (exact) mass is 281 g/mol. The first kappa shape index (κ1) is 14.2. The molecule has 1 aromatic rings. The molecule has 1 heterocycles. The van der Waals surface area contributed by atoms with E-state index in [0.29, 0.717) is 13.0 Å². The normalized spacial score (nSPS) is 22.5.